The van der Waals surface area contributed by atoms with Crippen LogP contribution in [-0.2, 0) is 6.42 Å². The van der Waals surface area contributed by atoms with E-state index in [2.05, 4.69) is 5.32 Å². The van der Waals surface area contributed by atoms with E-state index in [-0.39, 0.29) is 10.4 Å². The summed E-state index contributed by atoms with van der Waals surface area (Å²) in [7, 11) is 1.85. The van der Waals surface area contributed by atoms with Gasteiger partial charge < -0.3 is 10.2 Å². The van der Waals surface area contributed by atoms with Crippen molar-refractivity contribution in [1.29, 1.82) is 0 Å². The zero-order valence-electron chi connectivity index (χ0n) is 13.6. The van der Waals surface area contributed by atoms with Crippen molar-refractivity contribution in [3.8, 4) is 0 Å². The van der Waals surface area contributed by atoms with Gasteiger partial charge in [-0.1, -0.05) is 12.1 Å². The van der Waals surface area contributed by atoms with E-state index in [0.29, 0.717) is 35.0 Å². The number of nitrogens with zero attached hydrogens (tertiary/aromatic N) is 1. The largest absolute Gasteiger partial charge is 0.393 e. The number of aldehydes is 1. The third kappa shape index (κ3) is 3.95. The minimum absolute atomic E-state index is 0.00803. The van der Waals surface area contributed by atoms with Gasteiger partial charge in [0.25, 0.3) is 0 Å². The fourth-order valence-corrected chi connectivity index (χ4v) is 4.31. The number of hydrogen-bond acceptors (Lipinski definition) is 4. The third-order valence-electron chi connectivity index (χ3n) is 4.42. The molecule has 8 heteroatoms. The molecule has 25 heavy (non-hydrogen) atoms. The first-order valence-electron chi connectivity index (χ1n) is 7.94. The van der Waals surface area contributed by atoms with Crippen molar-refractivity contribution in [3.63, 3.8) is 0 Å². The zero-order chi connectivity index (χ0) is 18.2. The number of benzene rings is 1. The molecule has 1 aliphatic rings. The Morgan fingerprint density at radius 1 is 1.40 bits per heavy atom. The van der Waals surface area contributed by atoms with Crippen LogP contribution in [0.25, 0.3) is 10.1 Å². The molecule has 0 bridgehead atoms. The van der Waals surface area contributed by atoms with Gasteiger partial charge in [-0.3, -0.25) is 4.79 Å². The molecule has 1 saturated heterocycles. The Bertz CT molecular complexity index is 774. The Morgan fingerprint density at radius 3 is 2.80 bits per heavy atom. The van der Waals surface area contributed by atoms with Gasteiger partial charge in [-0.2, -0.15) is 13.2 Å². The highest BCUT2D eigenvalue weighted by atomic mass is 32.1. The molecule has 2 atom stereocenters. The topological polar surface area (TPSA) is 32.3 Å². The Morgan fingerprint density at radius 2 is 2.16 bits per heavy atom. The number of carbonyl (C=O) groups is 1. The van der Waals surface area contributed by atoms with Gasteiger partial charge in [-0.25, -0.2) is 4.39 Å². The molecule has 0 radical (unpaired) electrons. The molecule has 2 aromatic rings. The fourth-order valence-electron chi connectivity index (χ4n) is 3.20. The molecular formula is C17H18F4N2OS. The molecule has 0 saturated carbocycles. The number of anilines is 1. The lowest BCUT2D eigenvalue weighted by Crippen LogP contribution is -2.46. The summed E-state index contributed by atoms with van der Waals surface area (Å²) < 4.78 is 53.3. The average Bonchev–Trinajstić information content (AvgIpc) is 2.87. The number of thiophene rings is 1. The van der Waals surface area contributed by atoms with Crippen molar-refractivity contribution < 1.29 is 22.4 Å². The van der Waals surface area contributed by atoms with Gasteiger partial charge >= 0.3 is 6.18 Å². The second-order valence-electron chi connectivity index (χ2n) is 6.35. The van der Waals surface area contributed by atoms with Gasteiger partial charge in [-0.15, -0.1) is 11.3 Å². The summed E-state index contributed by atoms with van der Waals surface area (Å²) in [6, 6.07) is 4.53. The number of hydrogen-bond donors (Lipinski definition) is 1. The molecule has 1 aliphatic heterocycles. The lowest BCUT2D eigenvalue weighted by molar-refractivity contribution is -0.126. The van der Waals surface area contributed by atoms with Crippen LogP contribution in [0.1, 0.15) is 21.7 Å². The van der Waals surface area contributed by atoms with E-state index in [1.54, 1.807) is 18.2 Å². The zero-order valence-corrected chi connectivity index (χ0v) is 14.4. The molecule has 0 spiro atoms. The van der Waals surface area contributed by atoms with Crippen LogP contribution < -0.4 is 5.32 Å². The van der Waals surface area contributed by atoms with Crippen LogP contribution in [0.3, 0.4) is 0 Å². The Labute approximate surface area is 146 Å². The Kier molecular flexibility index (Phi) is 5.02. The molecule has 2 heterocycles. The monoisotopic (exact) mass is 374 g/mol. The molecule has 1 aromatic carbocycles. The van der Waals surface area contributed by atoms with Crippen molar-refractivity contribution in [2.24, 2.45) is 0 Å². The van der Waals surface area contributed by atoms with Gasteiger partial charge in [0.1, 0.15) is 6.17 Å². The lowest BCUT2D eigenvalue weighted by Gasteiger charge is -2.33. The molecule has 1 N–H and O–H groups in total. The summed E-state index contributed by atoms with van der Waals surface area (Å²) in [6.07, 6.45) is -5.54. The molecule has 0 unspecified atom stereocenters. The minimum atomic E-state index is -4.40. The van der Waals surface area contributed by atoms with E-state index in [1.165, 1.54) is 0 Å². The van der Waals surface area contributed by atoms with Crippen molar-refractivity contribution in [2.75, 3.05) is 25.5 Å². The quantitative estimate of drug-likeness (QED) is 0.641. The van der Waals surface area contributed by atoms with Gasteiger partial charge in [0.2, 0.25) is 0 Å². The SMILES string of the molecule is CN1CC[C@@H](Nc2cccc3c(CC(F)(F)F)c(C=O)sc23)[C@@H](F)C1. The number of halogens is 4. The summed E-state index contributed by atoms with van der Waals surface area (Å²) in [5, 5.41) is 3.53. The van der Waals surface area contributed by atoms with Crippen LogP contribution in [0.5, 0.6) is 0 Å². The van der Waals surface area contributed by atoms with E-state index in [4.69, 9.17) is 0 Å². The maximum absolute atomic E-state index is 14.3. The number of alkyl halides is 4. The normalized spacial score (nSPS) is 22.3. The van der Waals surface area contributed by atoms with E-state index in [1.807, 2.05) is 11.9 Å². The second kappa shape index (κ2) is 6.92. The summed E-state index contributed by atoms with van der Waals surface area (Å²) in [5.74, 6) is 0. The van der Waals surface area contributed by atoms with Gasteiger partial charge in [0.05, 0.1) is 27.7 Å². The minimum Gasteiger partial charge on any atom is -0.378 e. The first kappa shape index (κ1) is 18.1. The van der Waals surface area contributed by atoms with E-state index in [0.717, 1.165) is 17.9 Å². The molecule has 3 nitrogen and oxygen atoms in total. The summed E-state index contributed by atoms with van der Waals surface area (Å²) in [6.45, 7) is 1.06. The lowest BCUT2D eigenvalue weighted by atomic mass is 10.0. The number of likely N-dealkylation sites (tertiary alicyclic amines) is 1. The average molecular weight is 374 g/mol. The number of rotatable bonds is 4. The molecule has 1 fully saturated rings. The van der Waals surface area contributed by atoms with Crippen LogP contribution in [0.2, 0.25) is 0 Å². The van der Waals surface area contributed by atoms with Crippen molar-refractivity contribution in [3.05, 3.63) is 28.6 Å². The first-order valence-corrected chi connectivity index (χ1v) is 8.75. The van der Waals surface area contributed by atoms with Crippen LogP contribution in [0.4, 0.5) is 23.2 Å². The summed E-state index contributed by atoms with van der Waals surface area (Å²) in [5.41, 5.74) is 0.572. The summed E-state index contributed by atoms with van der Waals surface area (Å²) in [4.78, 5) is 13.2. The number of nitrogens with one attached hydrogen (secondary N) is 1. The third-order valence-corrected chi connectivity index (χ3v) is 5.63. The fraction of sp³-hybridized carbons (Fsp3) is 0.471. The van der Waals surface area contributed by atoms with Crippen LogP contribution in [0.15, 0.2) is 18.2 Å². The molecular weight excluding hydrogens is 356 g/mol. The molecule has 0 amide bonds. The highest BCUT2D eigenvalue weighted by Gasteiger charge is 2.32. The van der Waals surface area contributed by atoms with Crippen LogP contribution in [0, 0.1) is 0 Å². The van der Waals surface area contributed by atoms with Crippen LogP contribution in [-0.4, -0.2) is 49.7 Å². The predicted octanol–water partition coefficient (Wildman–Crippen LogP) is 4.27. The first-order chi connectivity index (χ1) is 11.8. The smallest absolute Gasteiger partial charge is 0.378 e. The Hall–Kier alpha value is -1.67. The summed E-state index contributed by atoms with van der Waals surface area (Å²) >= 11 is 1.02. The number of carbonyl (C=O) groups excluding carboxylic acids is 1. The number of piperidine rings is 1. The maximum Gasteiger partial charge on any atom is 0.393 e. The van der Waals surface area contributed by atoms with Crippen molar-refractivity contribution in [2.45, 2.75) is 31.2 Å². The van der Waals surface area contributed by atoms with Crippen molar-refractivity contribution >= 4 is 33.4 Å². The van der Waals surface area contributed by atoms with Gasteiger partial charge in [0.15, 0.2) is 6.29 Å². The maximum atomic E-state index is 14.3. The highest BCUT2D eigenvalue weighted by molar-refractivity contribution is 7.21. The molecule has 3 rings (SSSR count). The highest BCUT2D eigenvalue weighted by Crippen LogP contribution is 2.39. The van der Waals surface area contributed by atoms with E-state index < -0.39 is 24.8 Å². The Balaban J connectivity index is 1.96. The van der Waals surface area contributed by atoms with Gasteiger partial charge in [0, 0.05) is 13.1 Å². The van der Waals surface area contributed by atoms with E-state index in [9.17, 15) is 22.4 Å². The molecule has 0 aliphatic carbocycles. The van der Waals surface area contributed by atoms with Crippen molar-refractivity contribution in [1.82, 2.24) is 4.90 Å². The second-order valence-corrected chi connectivity index (χ2v) is 7.41. The molecule has 1 aromatic heterocycles. The predicted molar refractivity (Wildman–Crippen MR) is 91.4 cm³/mol. The van der Waals surface area contributed by atoms with Crippen LogP contribution >= 0.6 is 11.3 Å². The van der Waals surface area contributed by atoms with E-state index >= 15 is 0 Å². The number of fused-ring (bicyclic) bond motifs is 1. The van der Waals surface area contributed by atoms with Gasteiger partial charge in [-0.05, 0) is 30.5 Å². The molecule has 136 valence electrons. The standard InChI is InChI=1S/C17H18F4N2OS/c1-23-6-5-13(12(18)8-23)22-14-4-2-3-10-11(7-17(19,20)21)15(9-24)25-16(10)14/h2-4,9,12-13,22H,5-8H2,1H3/t12-,13+/m0/s1.